The number of sulfonamides is 1. The van der Waals surface area contributed by atoms with Crippen molar-refractivity contribution in [1.29, 1.82) is 0 Å². The second-order valence-corrected chi connectivity index (χ2v) is 11.6. The quantitative estimate of drug-likeness (QED) is 0.339. The molecule has 3 rings (SSSR count). The first kappa shape index (κ1) is 31.1. The number of amides is 2. The Morgan fingerprint density at radius 3 is 2.17 bits per heavy atom. The number of halogens is 2. The van der Waals surface area contributed by atoms with Crippen molar-refractivity contribution >= 4 is 50.7 Å². The zero-order chi connectivity index (χ0) is 29.6. The largest absolute Gasteiger partial charge is 0.493 e. The second kappa shape index (κ2) is 13.3. The van der Waals surface area contributed by atoms with E-state index in [2.05, 4.69) is 5.32 Å². The number of aryl methyl sites for hydroxylation is 1. The summed E-state index contributed by atoms with van der Waals surface area (Å²) in [6, 6.07) is 14.7. The molecule has 0 unspecified atom stereocenters. The lowest BCUT2D eigenvalue weighted by molar-refractivity contribution is -0.139. The van der Waals surface area contributed by atoms with E-state index in [1.807, 2.05) is 6.92 Å². The van der Waals surface area contributed by atoms with E-state index >= 15 is 0 Å². The maximum atomic E-state index is 13.9. The third-order valence-electron chi connectivity index (χ3n) is 6.31. The molecule has 0 aliphatic heterocycles. The monoisotopic (exact) mass is 607 g/mol. The van der Waals surface area contributed by atoms with E-state index in [4.69, 9.17) is 32.7 Å². The fourth-order valence-corrected chi connectivity index (χ4v) is 5.85. The number of nitrogens with one attached hydrogen (secondary N) is 1. The van der Waals surface area contributed by atoms with Crippen LogP contribution in [0.4, 0.5) is 5.69 Å². The summed E-state index contributed by atoms with van der Waals surface area (Å²) in [5.74, 6) is -0.400. The standard InChI is InChI=1S/C28H31Cl2N3O6S/c1-18-6-11-23(12-7-18)40(36,37)33(22-10-13-25(38-4)26(15-22)39-5)17-27(34)32(19(2)28(35)31-3)16-20-8-9-21(29)14-24(20)30/h6-15,19H,16-17H2,1-5H3,(H,31,35)/t19-/m1/s1. The molecule has 0 saturated heterocycles. The molecule has 1 N–H and O–H groups in total. The average molecular weight is 609 g/mol. The van der Waals surface area contributed by atoms with E-state index in [0.29, 0.717) is 21.4 Å². The molecule has 40 heavy (non-hydrogen) atoms. The van der Waals surface area contributed by atoms with Crippen LogP contribution < -0.4 is 19.1 Å². The third kappa shape index (κ3) is 6.99. The molecular formula is C28H31Cl2N3O6S. The van der Waals surface area contributed by atoms with Crippen molar-refractivity contribution in [3.8, 4) is 11.5 Å². The molecule has 3 aromatic rings. The number of carbonyl (C=O) groups excluding carboxylic acids is 2. The van der Waals surface area contributed by atoms with Crippen molar-refractivity contribution < 1.29 is 27.5 Å². The first-order valence-electron chi connectivity index (χ1n) is 12.2. The van der Waals surface area contributed by atoms with Crippen LogP contribution in [0.1, 0.15) is 18.1 Å². The topological polar surface area (TPSA) is 105 Å². The van der Waals surface area contributed by atoms with Gasteiger partial charge >= 0.3 is 0 Å². The minimum Gasteiger partial charge on any atom is -0.493 e. The fraction of sp³-hybridized carbons (Fsp3) is 0.286. The van der Waals surface area contributed by atoms with Gasteiger partial charge in [-0.15, -0.1) is 0 Å². The maximum Gasteiger partial charge on any atom is 0.264 e. The molecule has 0 fully saturated rings. The molecule has 2 amide bonds. The number of likely N-dealkylation sites (N-methyl/N-ethyl adjacent to an activating group) is 1. The van der Waals surface area contributed by atoms with Crippen LogP contribution >= 0.6 is 23.2 Å². The lowest BCUT2D eigenvalue weighted by Crippen LogP contribution is -2.50. The van der Waals surface area contributed by atoms with Crippen LogP contribution in [-0.2, 0) is 26.2 Å². The van der Waals surface area contributed by atoms with E-state index in [0.717, 1.165) is 9.87 Å². The average Bonchev–Trinajstić information content (AvgIpc) is 2.94. The Balaban J connectivity index is 2.11. The van der Waals surface area contributed by atoms with E-state index < -0.39 is 34.4 Å². The summed E-state index contributed by atoms with van der Waals surface area (Å²) < 4.78 is 39.5. The van der Waals surface area contributed by atoms with Crippen molar-refractivity contribution in [1.82, 2.24) is 10.2 Å². The number of rotatable bonds is 11. The van der Waals surface area contributed by atoms with Gasteiger partial charge in [0.05, 0.1) is 24.8 Å². The predicted octanol–water partition coefficient (Wildman–Crippen LogP) is 4.68. The smallest absolute Gasteiger partial charge is 0.264 e. The van der Waals surface area contributed by atoms with Crippen LogP contribution in [0, 0.1) is 6.92 Å². The third-order valence-corrected chi connectivity index (χ3v) is 8.69. The molecule has 9 nitrogen and oxygen atoms in total. The summed E-state index contributed by atoms with van der Waals surface area (Å²) in [6.45, 7) is 2.72. The van der Waals surface area contributed by atoms with Crippen LogP contribution in [0.2, 0.25) is 10.0 Å². The highest BCUT2D eigenvalue weighted by molar-refractivity contribution is 7.92. The normalized spacial score (nSPS) is 11.9. The van der Waals surface area contributed by atoms with Gasteiger partial charge < -0.3 is 19.7 Å². The molecule has 0 bridgehead atoms. The minimum absolute atomic E-state index is 0.00710. The van der Waals surface area contributed by atoms with Crippen LogP contribution in [-0.4, -0.2) is 59.0 Å². The fourth-order valence-electron chi connectivity index (χ4n) is 3.97. The number of nitrogens with zero attached hydrogens (tertiary/aromatic N) is 2. The molecule has 12 heteroatoms. The molecular weight excluding hydrogens is 577 g/mol. The Bertz CT molecular complexity index is 1480. The highest BCUT2D eigenvalue weighted by Crippen LogP contribution is 2.34. The number of carbonyl (C=O) groups is 2. The van der Waals surface area contributed by atoms with Crippen LogP contribution in [0.15, 0.2) is 65.6 Å². The Hall–Kier alpha value is -3.47. The van der Waals surface area contributed by atoms with Crippen molar-refractivity contribution in [2.45, 2.75) is 31.3 Å². The molecule has 0 saturated carbocycles. The SMILES string of the molecule is CNC(=O)[C@@H](C)N(Cc1ccc(Cl)cc1Cl)C(=O)CN(c1ccc(OC)c(OC)c1)S(=O)(=O)c1ccc(C)cc1. The highest BCUT2D eigenvalue weighted by atomic mass is 35.5. The second-order valence-electron chi connectivity index (χ2n) is 8.91. The van der Waals surface area contributed by atoms with Crippen LogP contribution in [0.25, 0.3) is 0 Å². The Labute approximate surface area is 244 Å². The van der Waals surface area contributed by atoms with Gasteiger partial charge in [-0.25, -0.2) is 8.42 Å². The molecule has 0 aliphatic rings. The number of hydrogen-bond acceptors (Lipinski definition) is 6. The van der Waals surface area contributed by atoms with Crippen molar-refractivity contribution in [2.24, 2.45) is 0 Å². The summed E-state index contributed by atoms with van der Waals surface area (Å²) >= 11 is 12.4. The summed E-state index contributed by atoms with van der Waals surface area (Å²) in [7, 11) is 0.101. The highest BCUT2D eigenvalue weighted by Gasteiger charge is 2.33. The zero-order valence-electron chi connectivity index (χ0n) is 22.8. The van der Waals surface area contributed by atoms with Crippen LogP contribution in [0.5, 0.6) is 11.5 Å². The molecule has 0 radical (unpaired) electrons. The Morgan fingerprint density at radius 1 is 0.950 bits per heavy atom. The minimum atomic E-state index is -4.24. The lowest BCUT2D eigenvalue weighted by atomic mass is 10.1. The molecule has 0 heterocycles. The van der Waals surface area contributed by atoms with Crippen molar-refractivity contribution in [2.75, 3.05) is 32.1 Å². The number of hydrogen-bond donors (Lipinski definition) is 1. The molecule has 1 atom stereocenters. The van der Waals surface area contributed by atoms with E-state index in [1.165, 1.54) is 56.5 Å². The van der Waals surface area contributed by atoms with Crippen molar-refractivity contribution in [3.05, 3.63) is 81.8 Å². The maximum absolute atomic E-state index is 13.9. The van der Waals surface area contributed by atoms with Gasteiger partial charge in [-0.2, -0.15) is 0 Å². The predicted molar refractivity (Wildman–Crippen MR) is 156 cm³/mol. The van der Waals surface area contributed by atoms with E-state index in [1.54, 1.807) is 37.3 Å². The molecule has 0 aromatic heterocycles. The van der Waals surface area contributed by atoms with Crippen molar-refractivity contribution in [3.63, 3.8) is 0 Å². The van der Waals surface area contributed by atoms with Gasteiger partial charge in [0.25, 0.3) is 10.0 Å². The molecule has 0 aliphatic carbocycles. The number of ether oxygens (including phenoxy) is 2. The van der Waals surface area contributed by atoms with E-state index in [9.17, 15) is 18.0 Å². The van der Waals surface area contributed by atoms with Gasteiger partial charge in [0.2, 0.25) is 11.8 Å². The molecule has 214 valence electrons. The number of methoxy groups -OCH3 is 2. The van der Waals surface area contributed by atoms with Gasteiger partial charge in [0.1, 0.15) is 12.6 Å². The molecule has 0 spiro atoms. The van der Waals surface area contributed by atoms with Gasteiger partial charge in [0, 0.05) is 29.7 Å². The Kier molecular flexibility index (Phi) is 10.3. The van der Waals surface area contributed by atoms with Gasteiger partial charge in [-0.05, 0) is 55.8 Å². The molecule has 3 aromatic carbocycles. The lowest BCUT2D eigenvalue weighted by Gasteiger charge is -2.32. The first-order chi connectivity index (χ1) is 18.9. The number of benzene rings is 3. The summed E-state index contributed by atoms with van der Waals surface area (Å²) in [6.07, 6.45) is 0. The Morgan fingerprint density at radius 2 is 1.60 bits per heavy atom. The number of anilines is 1. The van der Waals surface area contributed by atoms with Crippen LogP contribution in [0.3, 0.4) is 0 Å². The van der Waals surface area contributed by atoms with Gasteiger partial charge in [0.15, 0.2) is 11.5 Å². The van der Waals surface area contributed by atoms with Gasteiger partial charge in [-0.1, -0.05) is 47.0 Å². The summed E-state index contributed by atoms with van der Waals surface area (Å²) in [5, 5.41) is 3.25. The van der Waals surface area contributed by atoms with Gasteiger partial charge in [-0.3, -0.25) is 13.9 Å². The summed E-state index contributed by atoms with van der Waals surface area (Å²) in [4.78, 5) is 27.8. The summed E-state index contributed by atoms with van der Waals surface area (Å²) in [5.41, 5.74) is 1.58. The van der Waals surface area contributed by atoms with E-state index in [-0.39, 0.29) is 22.9 Å². The zero-order valence-corrected chi connectivity index (χ0v) is 25.1. The first-order valence-corrected chi connectivity index (χ1v) is 14.4.